The highest BCUT2D eigenvalue weighted by molar-refractivity contribution is 6.28. The average Bonchev–Trinajstić information content (AvgIpc) is 2.94. The van der Waals surface area contributed by atoms with Crippen LogP contribution in [0.25, 0.3) is 11.2 Å². The molecule has 0 bridgehead atoms. The number of aromatic amines is 1. The van der Waals surface area contributed by atoms with Gasteiger partial charge in [0.05, 0.1) is 12.2 Å². The van der Waals surface area contributed by atoms with E-state index in [1.807, 2.05) is 0 Å². The molecule has 3 heterocycles. The summed E-state index contributed by atoms with van der Waals surface area (Å²) in [7, 11) is 0. The standard InChI is InChI=1S/C10H9ClN6O2/c11-10-15-8-6(13-3-14-8)9(16-10)17-2-4(7(12)19)1-5(17)18/h3-4H,1-2H2,(H2,12,19)(H,13,14,15,16). The van der Waals surface area contributed by atoms with Crippen LogP contribution in [-0.4, -0.2) is 38.3 Å². The molecule has 1 aliphatic rings. The Hall–Kier alpha value is -2.22. The summed E-state index contributed by atoms with van der Waals surface area (Å²) in [6, 6.07) is 0. The minimum atomic E-state index is -0.515. The van der Waals surface area contributed by atoms with Crippen molar-refractivity contribution in [3.8, 4) is 0 Å². The zero-order valence-corrected chi connectivity index (χ0v) is 10.4. The topological polar surface area (TPSA) is 118 Å². The normalized spacial score (nSPS) is 19.3. The molecule has 3 N–H and O–H groups in total. The van der Waals surface area contributed by atoms with Gasteiger partial charge in [0.15, 0.2) is 11.5 Å². The molecule has 0 saturated carbocycles. The highest BCUT2D eigenvalue weighted by atomic mass is 35.5. The first-order valence-electron chi connectivity index (χ1n) is 5.52. The van der Waals surface area contributed by atoms with Gasteiger partial charge in [0.25, 0.3) is 0 Å². The third-order valence-electron chi connectivity index (χ3n) is 3.02. The zero-order chi connectivity index (χ0) is 13.6. The van der Waals surface area contributed by atoms with Gasteiger partial charge in [-0.1, -0.05) is 0 Å². The second-order valence-corrected chi connectivity index (χ2v) is 4.56. The number of aromatic nitrogens is 4. The SMILES string of the molecule is NC(=O)C1CC(=O)N(c2nc(Cl)nc3nc[nH]c23)C1. The molecule has 0 radical (unpaired) electrons. The van der Waals surface area contributed by atoms with E-state index in [0.717, 1.165) is 0 Å². The van der Waals surface area contributed by atoms with Crippen molar-refractivity contribution in [1.29, 1.82) is 0 Å². The predicted molar refractivity (Wildman–Crippen MR) is 66.3 cm³/mol. The second kappa shape index (κ2) is 4.16. The number of fused-ring (bicyclic) bond motifs is 1. The first kappa shape index (κ1) is 11.8. The summed E-state index contributed by atoms with van der Waals surface area (Å²) >= 11 is 5.80. The van der Waals surface area contributed by atoms with Crippen LogP contribution in [0.2, 0.25) is 5.28 Å². The van der Waals surface area contributed by atoms with Crippen LogP contribution in [0.4, 0.5) is 5.82 Å². The van der Waals surface area contributed by atoms with Crippen LogP contribution in [-0.2, 0) is 9.59 Å². The molecule has 1 atom stereocenters. The number of carbonyl (C=O) groups is 2. The second-order valence-electron chi connectivity index (χ2n) is 4.23. The molecule has 0 spiro atoms. The maximum atomic E-state index is 11.9. The van der Waals surface area contributed by atoms with Crippen molar-refractivity contribution < 1.29 is 9.59 Å². The van der Waals surface area contributed by atoms with Crippen LogP contribution in [0.3, 0.4) is 0 Å². The number of nitrogens with one attached hydrogen (secondary N) is 1. The lowest BCUT2D eigenvalue weighted by Crippen LogP contribution is -2.29. The molecule has 2 amide bonds. The van der Waals surface area contributed by atoms with E-state index in [2.05, 4.69) is 19.9 Å². The van der Waals surface area contributed by atoms with E-state index >= 15 is 0 Å². The summed E-state index contributed by atoms with van der Waals surface area (Å²) in [5.74, 6) is -0.924. The minimum Gasteiger partial charge on any atom is -0.369 e. The summed E-state index contributed by atoms with van der Waals surface area (Å²) in [5, 5.41) is -0.00933. The van der Waals surface area contributed by atoms with Crippen LogP contribution < -0.4 is 10.6 Å². The van der Waals surface area contributed by atoms with E-state index in [9.17, 15) is 9.59 Å². The third kappa shape index (κ3) is 1.89. The fourth-order valence-corrected chi connectivity index (χ4v) is 2.25. The molecule has 2 aromatic heterocycles. The maximum Gasteiger partial charge on any atom is 0.229 e. The lowest BCUT2D eigenvalue weighted by atomic mass is 10.1. The zero-order valence-electron chi connectivity index (χ0n) is 9.63. The Morgan fingerprint density at radius 3 is 3.00 bits per heavy atom. The number of hydrogen-bond donors (Lipinski definition) is 2. The number of imidazole rings is 1. The smallest absolute Gasteiger partial charge is 0.229 e. The van der Waals surface area contributed by atoms with E-state index in [4.69, 9.17) is 17.3 Å². The number of anilines is 1. The van der Waals surface area contributed by atoms with Crippen molar-refractivity contribution in [2.75, 3.05) is 11.4 Å². The van der Waals surface area contributed by atoms with Gasteiger partial charge >= 0.3 is 0 Å². The number of amides is 2. The van der Waals surface area contributed by atoms with Crippen molar-refractivity contribution >= 4 is 40.4 Å². The Morgan fingerprint density at radius 1 is 1.53 bits per heavy atom. The van der Waals surface area contributed by atoms with Crippen LogP contribution in [0.1, 0.15) is 6.42 Å². The Labute approximate surface area is 112 Å². The van der Waals surface area contributed by atoms with E-state index in [0.29, 0.717) is 17.0 Å². The molecule has 0 aliphatic carbocycles. The van der Waals surface area contributed by atoms with Crippen molar-refractivity contribution in [3.05, 3.63) is 11.6 Å². The van der Waals surface area contributed by atoms with Gasteiger partial charge in [0.2, 0.25) is 17.1 Å². The lowest BCUT2D eigenvalue weighted by Gasteiger charge is -2.15. The van der Waals surface area contributed by atoms with Crippen LogP contribution in [0.15, 0.2) is 6.33 Å². The van der Waals surface area contributed by atoms with Gasteiger partial charge in [0, 0.05) is 13.0 Å². The summed E-state index contributed by atoms with van der Waals surface area (Å²) in [6.07, 6.45) is 1.51. The van der Waals surface area contributed by atoms with Gasteiger partial charge in [-0.05, 0) is 11.6 Å². The number of hydrogen-bond acceptors (Lipinski definition) is 5. The number of nitrogens with two attached hydrogens (primary N) is 1. The molecule has 98 valence electrons. The number of H-pyrrole nitrogens is 1. The molecular formula is C10H9ClN6O2. The van der Waals surface area contributed by atoms with E-state index in [1.54, 1.807) is 0 Å². The van der Waals surface area contributed by atoms with Crippen LogP contribution >= 0.6 is 11.6 Å². The van der Waals surface area contributed by atoms with Gasteiger partial charge in [-0.25, -0.2) is 4.98 Å². The van der Waals surface area contributed by atoms with Gasteiger partial charge in [-0.3, -0.25) is 14.5 Å². The number of carbonyl (C=O) groups excluding carboxylic acids is 2. The summed E-state index contributed by atoms with van der Waals surface area (Å²) in [5.41, 5.74) is 6.09. The molecular weight excluding hydrogens is 272 g/mol. The Balaban J connectivity index is 2.07. The monoisotopic (exact) mass is 280 g/mol. The quantitative estimate of drug-likeness (QED) is 0.741. The molecule has 1 saturated heterocycles. The van der Waals surface area contributed by atoms with Crippen molar-refractivity contribution in [2.45, 2.75) is 6.42 Å². The molecule has 8 nitrogen and oxygen atoms in total. The van der Waals surface area contributed by atoms with E-state index in [-0.39, 0.29) is 24.2 Å². The average molecular weight is 281 g/mol. The fourth-order valence-electron chi connectivity index (χ4n) is 2.09. The highest BCUT2D eigenvalue weighted by Crippen LogP contribution is 2.28. The first-order valence-corrected chi connectivity index (χ1v) is 5.90. The van der Waals surface area contributed by atoms with Crippen LogP contribution in [0, 0.1) is 5.92 Å². The Kier molecular flexibility index (Phi) is 2.59. The number of primary amides is 1. The minimum absolute atomic E-state index is 0.00933. The van der Waals surface area contributed by atoms with Gasteiger partial charge < -0.3 is 10.7 Å². The highest BCUT2D eigenvalue weighted by Gasteiger charge is 2.36. The van der Waals surface area contributed by atoms with E-state index in [1.165, 1.54) is 11.2 Å². The fraction of sp³-hybridized carbons (Fsp3) is 0.300. The van der Waals surface area contributed by atoms with Crippen molar-refractivity contribution in [3.63, 3.8) is 0 Å². The largest absolute Gasteiger partial charge is 0.369 e. The maximum absolute atomic E-state index is 11.9. The van der Waals surface area contributed by atoms with Crippen molar-refractivity contribution in [1.82, 2.24) is 19.9 Å². The number of rotatable bonds is 2. The van der Waals surface area contributed by atoms with Gasteiger partial charge in [0.1, 0.15) is 5.52 Å². The molecule has 1 aliphatic heterocycles. The first-order chi connectivity index (χ1) is 9.06. The van der Waals surface area contributed by atoms with E-state index < -0.39 is 11.8 Å². The van der Waals surface area contributed by atoms with Crippen molar-refractivity contribution in [2.24, 2.45) is 11.7 Å². The summed E-state index contributed by atoms with van der Waals surface area (Å²) in [4.78, 5) is 39.3. The van der Waals surface area contributed by atoms with Gasteiger partial charge in [-0.15, -0.1) is 0 Å². The number of halogens is 1. The predicted octanol–water partition coefficient (Wildman–Crippen LogP) is -0.156. The summed E-state index contributed by atoms with van der Waals surface area (Å²) < 4.78 is 0. The molecule has 3 rings (SSSR count). The Morgan fingerprint density at radius 2 is 2.32 bits per heavy atom. The number of nitrogens with zero attached hydrogens (tertiary/aromatic N) is 4. The molecule has 0 aromatic carbocycles. The molecule has 1 unspecified atom stereocenters. The Bertz CT molecular complexity index is 684. The summed E-state index contributed by atoms with van der Waals surface area (Å²) in [6.45, 7) is 0.190. The van der Waals surface area contributed by atoms with Crippen LogP contribution in [0.5, 0.6) is 0 Å². The lowest BCUT2D eigenvalue weighted by molar-refractivity contribution is -0.123. The molecule has 1 fully saturated rings. The van der Waals surface area contributed by atoms with Gasteiger partial charge in [-0.2, -0.15) is 9.97 Å². The third-order valence-corrected chi connectivity index (χ3v) is 3.19. The molecule has 19 heavy (non-hydrogen) atoms. The molecule has 9 heteroatoms. The molecule has 2 aromatic rings.